The Labute approximate surface area is 175 Å². The van der Waals surface area contributed by atoms with Crippen molar-refractivity contribution in [3.05, 3.63) is 78.8 Å². The number of nitrogens with zero attached hydrogens (tertiary/aromatic N) is 4. The highest BCUT2D eigenvalue weighted by Crippen LogP contribution is 2.25. The number of nitrogens with one attached hydrogen (secondary N) is 1. The molecule has 30 heavy (non-hydrogen) atoms. The molecule has 6 heteroatoms. The number of benzene rings is 2. The molecule has 5 rings (SSSR count). The lowest BCUT2D eigenvalue weighted by atomic mass is 10.1. The van der Waals surface area contributed by atoms with E-state index in [2.05, 4.69) is 10.3 Å². The zero-order valence-electron chi connectivity index (χ0n) is 16.7. The van der Waals surface area contributed by atoms with Gasteiger partial charge in [-0.15, -0.1) is 0 Å². The summed E-state index contributed by atoms with van der Waals surface area (Å²) in [4.78, 5) is 23.9. The first kappa shape index (κ1) is 18.4. The molecule has 3 heterocycles. The van der Waals surface area contributed by atoms with Crippen LogP contribution in [0.5, 0.6) is 0 Å². The molecular weight excluding hydrogens is 374 g/mol. The van der Waals surface area contributed by atoms with Crippen LogP contribution in [0.1, 0.15) is 29.6 Å². The number of aromatic nitrogens is 3. The van der Waals surface area contributed by atoms with Crippen molar-refractivity contribution in [3.8, 4) is 11.3 Å². The van der Waals surface area contributed by atoms with E-state index in [4.69, 9.17) is 4.98 Å². The van der Waals surface area contributed by atoms with Crippen LogP contribution in [0.3, 0.4) is 0 Å². The van der Waals surface area contributed by atoms with E-state index in [0.29, 0.717) is 5.82 Å². The predicted molar refractivity (Wildman–Crippen MR) is 118 cm³/mol. The van der Waals surface area contributed by atoms with E-state index < -0.39 is 0 Å². The second-order valence-corrected chi connectivity index (χ2v) is 7.55. The van der Waals surface area contributed by atoms with Crippen LogP contribution < -0.4 is 5.32 Å². The minimum atomic E-state index is 0.116. The van der Waals surface area contributed by atoms with E-state index in [1.54, 1.807) is 6.20 Å². The average Bonchev–Trinajstić information content (AvgIpc) is 3.29. The molecule has 6 nitrogen and oxygen atoms in total. The maximum absolute atomic E-state index is 12.7. The third-order valence-electron chi connectivity index (χ3n) is 5.48. The Morgan fingerprint density at radius 2 is 1.70 bits per heavy atom. The first-order valence-electron chi connectivity index (χ1n) is 10.3. The summed E-state index contributed by atoms with van der Waals surface area (Å²) >= 11 is 0. The molecule has 0 bridgehead atoms. The number of carbonyl (C=O) groups is 1. The molecule has 1 aliphatic heterocycles. The Bertz CT molecular complexity index is 1160. The van der Waals surface area contributed by atoms with Gasteiger partial charge in [0.1, 0.15) is 0 Å². The lowest BCUT2D eigenvalue weighted by Gasteiger charge is -2.26. The third kappa shape index (κ3) is 3.64. The van der Waals surface area contributed by atoms with Crippen LogP contribution in [-0.4, -0.2) is 38.3 Å². The Hall–Kier alpha value is -3.67. The van der Waals surface area contributed by atoms with Gasteiger partial charge in [-0.25, -0.2) is 9.97 Å². The fourth-order valence-corrected chi connectivity index (χ4v) is 3.88. The summed E-state index contributed by atoms with van der Waals surface area (Å²) in [5.41, 5.74) is 4.22. The molecule has 1 fully saturated rings. The monoisotopic (exact) mass is 397 g/mol. The summed E-state index contributed by atoms with van der Waals surface area (Å²) in [6, 6.07) is 17.7. The molecule has 2 aromatic heterocycles. The SMILES string of the molecule is O=C(c1ccc(-c2cn3ccnc3c(Nc3ccccc3)n2)cc1)N1CCCCC1. The number of fused-ring (bicyclic) bond motifs is 1. The normalized spacial score (nSPS) is 14.1. The number of hydrogen-bond donors (Lipinski definition) is 1. The van der Waals surface area contributed by atoms with E-state index in [1.807, 2.05) is 76.3 Å². The zero-order chi connectivity index (χ0) is 20.3. The van der Waals surface area contributed by atoms with Gasteiger partial charge in [-0.3, -0.25) is 4.79 Å². The molecule has 0 spiro atoms. The summed E-state index contributed by atoms with van der Waals surface area (Å²) in [5, 5.41) is 3.36. The minimum absolute atomic E-state index is 0.116. The van der Waals surface area contributed by atoms with Gasteiger partial charge in [-0.1, -0.05) is 30.3 Å². The molecule has 2 aromatic carbocycles. The van der Waals surface area contributed by atoms with Gasteiger partial charge in [-0.05, 0) is 43.5 Å². The smallest absolute Gasteiger partial charge is 0.253 e. The van der Waals surface area contributed by atoms with E-state index in [0.717, 1.165) is 54.1 Å². The number of amides is 1. The molecule has 0 atom stereocenters. The first-order chi connectivity index (χ1) is 14.8. The van der Waals surface area contributed by atoms with Crippen molar-refractivity contribution >= 4 is 23.1 Å². The highest BCUT2D eigenvalue weighted by molar-refractivity contribution is 5.94. The van der Waals surface area contributed by atoms with E-state index in [-0.39, 0.29) is 5.91 Å². The maximum atomic E-state index is 12.7. The van der Waals surface area contributed by atoms with Gasteiger partial charge >= 0.3 is 0 Å². The quantitative estimate of drug-likeness (QED) is 0.539. The maximum Gasteiger partial charge on any atom is 0.253 e. The minimum Gasteiger partial charge on any atom is -0.339 e. The van der Waals surface area contributed by atoms with Crippen molar-refractivity contribution in [1.29, 1.82) is 0 Å². The Morgan fingerprint density at radius 3 is 2.47 bits per heavy atom. The molecule has 1 amide bonds. The van der Waals surface area contributed by atoms with E-state index >= 15 is 0 Å². The topological polar surface area (TPSA) is 62.5 Å². The summed E-state index contributed by atoms with van der Waals surface area (Å²) < 4.78 is 1.96. The predicted octanol–water partition coefficient (Wildman–Crippen LogP) is 4.77. The van der Waals surface area contributed by atoms with Crippen LogP contribution in [0.15, 0.2) is 73.2 Å². The average molecular weight is 397 g/mol. The molecule has 0 unspecified atom stereocenters. The number of imidazole rings is 1. The van der Waals surface area contributed by atoms with Gasteiger partial charge < -0.3 is 14.6 Å². The van der Waals surface area contributed by atoms with Crippen LogP contribution in [0.4, 0.5) is 11.5 Å². The molecule has 0 saturated carbocycles. The van der Waals surface area contributed by atoms with Crippen LogP contribution in [0.25, 0.3) is 16.9 Å². The second kappa shape index (κ2) is 7.99. The number of piperidine rings is 1. The van der Waals surface area contributed by atoms with Crippen molar-refractivity contribution in [2.24, 2.45) is 0 Å². The van der Waals surface area contributed by atoms with Crippen molar-refractivity contribution < 1.29 is 4.79 Å². The van der Waals surface area contributed by atoms with E-state index in [1.165, 1.54) is 6.42 Å². The van der Waals surface area contributed by atoms with Crippen LogP contribution in [-0.2, 0) is 0 Å². The highest BCUT2D eigenvalue weighted by atomic mass is 16.2. The molecule has 1 saturated heterocycles. The summed E-state index contributed by atoms with van der Waals surface area (Å²) in [7, 11) is 0. The molecule has 0 radical (unpaired) electrons. The van der Waals surface area contributed by atoms with Gasteiger partial charge in [0.25, 0.3) is 5.91 Å². The number of anilines is 2. The van der Waals surface area contributed by atoms with Gasteiger partial charge in [-0.2, -0.15) is 0 Å². The number of carbonyl (C=O) groups excluding carboxylic acids is 1. The Morgan fingerprint density at radius 1 is 0.933 bits per heavy atom. The molecule has 4 aromatic rings. The zero-order valence-corrected chi connectivity index (χ0v) is 16.7. The van der Waals surface area contributed by atoms with E-state index in [9.17, 15) is 4.79 Å². The number of likely N-dealkylation sites (tertiary alicyclic amines) is 1. The van der Waals surface area contributed by atoms with Crippen molar-refractivity contribution in [3.63, 3.8) is 0 Å². The van der Waals surface area contributed by atoms with Crippen molar-refractivity contribution in [2.45, 2.75) is 19.3 Å². The molecule has 1 N–H and O–H groups in total. The number of rotatable bonds is 4. The van der Waals surface area contributed by atoms with Crippen molar-refractivity contribution in [2.75, 3.05) is 18.4 Å². The Kier molecular flexibility index (Phi) is 4.89. The number of hydrogen-bond acceptors (Lipinski definition) is 4. The van der Waals surface area contributed by atoms with Crippen molar-refractivity contribution in [1.82, 2.24) is 19.3 Å². The van der Waals surface area contributed by atoms with Gasteiger partial charge in [0, 0.05) is 48.5 Å². The van der Waals surface area contributed by atoms with Gasteiger partial charge in [0.05, 0.1) is 5.69 Å². The van der Waals surface area contributed by atoms with Crippen LogP contribution in [0.2, 0.25) is 0 Å². The highest BCUT2D eigenvalue weighted by Gasteiger charge is 2.18. The third-order valence-corrected chi connectivity index (χ3v) is 5.48. The van der Waals surface area contributed by atoms with Gasteiger partial charge in [0.2, 0.25) is 0 Å². The standard InChI is InChI=1S/C24H23N5O/c30-24(28-14-5-2-6-15-28)19-11-9-18(10-12-19)21-17-29-16-13-25-23(29)22(27-21)26-20-7-3-1-4-8-20/h1,3-4,7-13,16-17H,2,5-6,14-15H2,(H,26,27). The summed E-state index contributed by atoms with van der Waals surface area (Å²) in [6.07, 6.45) is 9.03. The van der Waals surface area contributed by atoms with Crippen LogP contribution in [0, 0.1) is 0 Å². The molecule has 1 aliphatic rings. The fraction of sp³-hybridized carbons (Fsp3) is 0.208. The van der Waals surface area contributed by atoms with Gasteiger partial charge in [0.15, 0.2) is 11.5 Å². The van der Waals surface area contributed by atoms with Crippen LogP contribution >= 0.6 is 0 Å². The summed E-state index contributed by atoms with van der Waals surface area (Å²) in [5.74, 6) is 0.808. The molecule has 0 aliphatic carbocycles. The second-order valence-electron chi connectivity index (χ2n) is 7.55. The number of para-hydroxylation sites is 1. The molecule has 150 valence electrons. The first-order valence-corrected chi connectivity index (χ1v) is 10.3. The fourth-order valence-electron chi connectivity index (χ4n) is 3.88. The summed E-state index contributed by atoms with van der Waals surface area (Å²) in [6.45, 7) is 1.71. The lowest BCUT2D eigenvalue weighted by Crippen LogP contribution is -2.35. The Balaban J connectivity index is 1.45. The largest absolute Gasteiger partial charge is 0.339 e. The lowest BCUT2D eigenvalue weighted by molar-refractivity contribution is 0.0724. The molecular formula is C24H23N5O.